The summed E-state index contributed by atoms with van der Waals surface area (Å²) >= 11 is 0. The van der Waals surface area contributed by atoms with E-state index in [1.54, 1.807) is 0 Å². The molecular formula is C17H28N6O9. The van der Waals surface area contributed by atoms with E-state index in [4.69, 9.17) is 22.3 Å². The van der Waals surface area contributed by atoms with Crippen LogP contribution in [-0.4, -0.2) is 76.4 Å². The molecule has 0 heterocycles. The van der Waals surface area contributed by atoms with Crippen molar-refractivity contribution in [1.29, 1.82) is 0 Å². The maximum absolute atomic E-state index is 12.6. The van der Waals surface area contributed by atoms with Crippen molar-refractivity contribution < 1.29 is 43.8 Å². The summed E-state index contributed by atoms with van der Waals surface area (Å²) in [4.78, 5) is 80.8. The summed E-state index contributed by atoms with van der Waals surface area (Å²) in [5.74, 6) is -7.03. The zero-order valence-corrected chi connectivity index (χ0v) is 17.2. The van der Waals surface area contributed by atoms with Crippen LogP contribution in [0.2, 0.25) is 0 Å². The van der Waals surface area contributed by atoms with Gasteiger partial charge in [-0.1, -0.05) is 0 Å². The number of carbonyl (C=O) groups excluding carboxylic acids is 5. The number of hydrogen-bond acceptors (Lipinski definition) is 8. The molecule has 0 aromatic heterocycles. The van der Waals surface area contributed by atoms with Crippen molar-refractivity contribution in [3.63, 3.8) is 0 Å². The molecule has 180 valence electrons. The third-order valence-corrected chi connectivity index (χ3v) is 4.09. The molecule has 0 spiro atoms. The molecule has 5 amide bonds. The zero-order valence-electron chi connectivity index (χ0n) is 17.2. The first-order valence-electron chi connectivity index (χ1n) is 9.48. The molecule has 3 unspecified atom stereocenters. The Morgan fingerprint density at radius 2 is 1.06 bits per heavy atom. The van der Waals surface area contributed by atoms with Gasteiger partial charge in [0.1, 0.15) is 18.1 Å². The van der Waals surface area contributed by atoms with Gasteiger partial charge in [0.15, 0.2) is 0 Å². The van der Waals surface area contributed by atoms with Crippen LogP contribution in [0, 0.1) is 0 Å². The Hall–Kier alpha value is -3.75. The minimum Gasteiger partial charge on any atom is -0.481 e. The van der Waals surface area contributed by atoms with Gasteiger partial charge in [0.05, 0.1) is 6.54 Å². The zero-order chi connectivity index (χ0) is 24.8. The fourth-order valence-corrected chi connectivity index (χ4v) is 2.43. The van der Waals surface area contributed by atoms with Crippen LogP contribution in [0.15, 0.2) is 0 Å². The predicted molar refractivity (Wildman–Crippen MR) is 106 cm³/mol. The molecule has 0 rings (SSSR count). The van der Waals surface area contributed by atoms with Crippen LogP contribution in [0.5, 0.6) is 0 Å². The maximum atomic E-state index is 12.6. The summed E-state index contributed by atoms with van der Waals surface area (Å²) in [5.41, 5.74) is 15.2. The molecule has 0 aromatic carbocycles. The lowest BCUT2D eigenvalue weighted by atomic mass is 10.1. The molecule has 15 nitrogen and oxygen atoms in total. The number of carbonyl (C=O) groups is 7. The molecule has 0 saturated heterocycles. The molecule has 0 radical (unpaired) electrons. The van der Waals surface area contributed by atoms with E-state index in [1.807, 2.05) is 0 Å². The standard InChI is InChI=1S/C17H28N6O9/c18-7-13(26)21-8(1-4-11(19)24)15(29)22-9(3-6-14(27)28)16(30)23-10(17(31)32)2-5-12(20)25/h8-10H,1-7,18H2,(H2,19,24)(H2,20,25)(H,21,26)(H,22,29)(H,23,30)(H,27,28)(H,31,32). The average molecular weight is 460 g/mol. The Morgan fingerprint density at radius 1 is 0.656 bits per heavy atom. The van der Waals surface area contributed by atoms with Gasteiger partial charge in [0.2, 0.25) is 29.5 Å². The highest BCUT2D eigenvalue weighted by Crippen LogP contribution is 2.05. The SMILES string of the molecule is NCC(=O)NC(CCC(N)=O)C(=O)NC(CCC(=O)O)C(=O)NC(CCC(N)=O)C(=O)O. The highest BCUT2D eigenvalue weighted by atomic mass is 16.4. The first-order chi connectivity index (χ1) is 14.9. The molecule has 0 aliphatic rings. The van der Waals surface area contributed by atoms with Crippen molar-refractivity contribution in [2.75, 3.05) is 6.54 Å². The van der Waals surface area contributed by atoms with E-state index in [1.165, 1.54) is 0 Å². The molecule has 11 N–H and O–H groups in total. The smallest absolute Gasteiger partial charge is 0.326 e. The van der Waals surface area contributed by atoms with Crippen LogP contribution in [0.25, 0.3) is 0 Å². The minimum absolute atomic E-state index is 0.226. The minimum atomic E-state index is -1.53. The van der Waals surface area contributed by atoms with Gasteiger partial charge in [-0.05, 0) is 19.3 Å². The number of nitrogens with one attached hydrogen (secondary N) is 3. The Labute approximate surface area is 182 Å². The Kier molecular flexibility index (Phi) is 12.6. The largest absolute Gasteiger partial charge is 0.481 e. The Morgan fingerprint density at radius 3 is 1.47 bits per heavy atom. The number of hydrogen-bond donors (Lipinski definition) is 8. The van der Waals surface area contributed by atoms with Gasteiger partial charge < -0.3 is 43.4 Å². The Balaban J connectivity index is 5.47. The van der Waals surface area contributed by atoms with Gasteiger partial charge in [-0.2, -0.15) is 0 Å². The normalized spacial score (nSPS) is 13.2. The lowest BCUT2D eigenvalue weighted by Gasteiger charge is -2.24. The van der Waals surface area contributed by atoms with Crippen LogP contribution >= 0.6 is 0 Å². The number of carboxylic acid groups (broad SMARTS) is 2. The van der Waals surface area contributed by atoms with Crippen LogP contribution in [0.1, 0.15) is 38.5 Å². The first-order valence-corrected chi connectivity index (χ1v) is 9.48. The highest BCUT2D eigenvalue weighted by Gasteiger charge is 2.30. The summed E-state index contributed by atoms with van der Waals surface area (Å²) in [5, 5.41) is 24.7. The molecule has 0 aliphatic carbocycles. The van der Waals surface area contributed by atoms with Crippen LogP contribution in [0.3, 0.4) is 0 Å². The molecule has 3 atom stereocenters. The van der Waals surface area contributed by atoms with Crippen molar-refractivity contribution in [3.05, 3.63) is 0 Å². The molecule has 0 aliphatic heterocycles. The third kappa shape index (κ3) is 12.1. The topological polar surface area (TPSA) is 274 Å². The second kappa shape index (κ2) is 14.3. The first kappa shape index (κ1) is 28.2. The molecule has 15 heteroatoms. The summed E-state index contributed by atoms with van der Waals surface area (Å²) in [7, 11) is 0. The van der Waals surface area contributed by atoms with Gasteiger partial charge in [-0.25, -0.2) is 4.79 Å². The van der Waals surface area contributed by atoms with Gasteiger partial charge in [0, 0.05) is 19.3 Å². The van der Waals surface area contributed by atoms with Gasteiger partial charge in [0.25, 0.3) is 0 Å². The number of nitrogens with two attached hydrogens (primary N) is 3. The van der Waals surface area contributed by atoms with E-state index in [0.29, 0.717) is 0 Å². The van der Waals surface area contributed by atoms with Crippen molar-refractivity contribution >= 4 is 41.5 Å². The summed E-state index contributed by atoms with van der Waals surface area (Å²) in [6.07, 6.45) is -2.16. The van der Waals surface area contributed by atoms with Gasteiger partial charge in [-0.3, -0.25) is 28.8 Å². The number of aliphatic carboxylic acids is 2. The highest BCUT2D eigenvalue weighted by molar-refractivity contribution is 5.94. The molecule has 0 saturated carbocycles. The van der Waals surface area contributed by atoms with Crippen LogP contribution < -0.4 is 33.2 Å². The number of rotatable bonds is 16. The number of primary amides is 2. The maximum Gasteiger partial charge on any atom is 0.326 e. The summed E-state index contributed by atoms with van der Waals surface area (Å²) < 4.78 is 0. The van der Waals surface area contributed by atoms with E-state index in [2.05, 4.69) is 16.0 Å². The molecule has 32 heavy (non-hydrogen) atoms. The van der Waals surface area contributed by atoms with Crippen molar-refractivity contribution in [3.8, 4) is 0 Å². The lowest BCUT2D eigenvalue weighted by molar-refractivity contribution is -0.143. The number of amides is 5. The fourth-order valence-electron chi connectivity index (χ4n) is 2.43. The van der Waals surface area contributed by atoms with E-state index in [9.17, 15) is 38.7 Å². The van der Waals surface area contributed by atoms with Gasteiger partial charge >= 0.3 is 11.9 Å². The van der Waals surface area contributed by atoms with E-state index in [0.717, 1.165) is 0 Å². The van der Waals surface area contributed by atoms with E-state index in [-0.39, 0.29) is 25.7 Å². The van der Waals surface area contributed by atoms with Crippen LogP contribution in [0.4, 0.5) is 0 Å². The molecule has 0 aromatic rings. The average Bonchev–Trinajstić information content (AvgIpc) is 2.69. The summed E-state index contributed by atoms with van der Waals surface area (Å²) in [6, 6.07) is -4.34. The third-order valence-electron chi connectivity index (χ3n) is 4.09. The van der Waals surface area contributed by atoms with E-state index >= 15 is 0 Å². The quantitative estimate of drug-likeness (QED) is 0.110. The predicted octanol–water partition coefficient (Wildman–Crippen LogP) is -4.12. The molecule has 0 fully saturated rings. The lowest BCUT2D eigenvalue weighted by Crippen LogP contribution is -2.56. The molecular weight excluding hydrogens is 432 g/mol. The Bertz CT molecular complexity index is 742. The van der Waals surface area contributed by atoms with E-state index < -0.39 is 79.0 Å². The van der Waals surface area contributed by atoms with Crippen molar-refractivity contribution in [1.82, 2.24) is 16.0 Å². The monoisotopic (exact) mass is 460 g/mol. The molecule has 0 bridgehead atoms. The van der Waals surface area contributed by atoms with Crippen molar-refractivity contribution in [2.24, 2.45) is 17.2 Å². The second-order valence-corrected chi connectivity index (χ2v) is 6.73. The number of carboxylic acids is 2. The van der Waals surface area contributed by atoms with Crippen molar-refractivity contribution in [2.45, 2.75) is 56.7 Å². The fraction of sp³-hybridized carbons (Fsp3) is 0.588. The summed E-state index contributed by atoms with van der Waals surface area (Å²) in [6.45, 7) is -0.469. The van der Waals surface area contributed by atoms with Crippen LogP contribution in [-0.2, 0) is 33.6 Å². The van der Waals surface area contributed by atoms with Gasteiger partial charge in [-0.15, -0.1) is 0 Å². The second-order valence-electron chi connectivity index (χ2n) is 6.73.